The smallest absolute Gasteiger partial charge is 0.169 e. The van der Waals surface area contributed by atoms with Gasteiger partial charge in [0.25, 0.3) is 0 Å². The van der Waals surface area contributed by atoms with Crippen molar-refractivity contribution in [1.82, 2.24) is 0 Å². The molecule has 11 heavy (non-hydrogen) atoms. The fraction of sp³-hybridized carbons (Fsp3) is 0.444. The second-order valence-corrected chi connectivity index (χ2v) is 2.76. The van der Waals surface area contributed by atoms with Crippen LogP contribution in [0.2, 0.25) is 0 Å². The molecule has 0 spiro atoms. The van der Waals surface area contributed by atoms with Gasteiger partial charge in [0.1, 0.15) is 6.54 Å². The number of hydrogen-bond donors (Lipinski definition) is 1. The van der Waals surface area contributed by atoms with Crippen LogP contribution < -0.4 is 10.3 Å². The Kier molecular flexibility index (Phi) is 3.05. The molecule has 0 saturated carbocycles. The Bertz CT molecular complexity index is 203. The molecule has 1 rings (SSSR count). The minimum atomic E-state index is 0.765. The molecule has 1 heterocycles. The predicted molar refractivity (Wildman–Crippen MR) is 45.0 cm³/mol. The zero-order chi connectivity index (χ0) is 8.10. The summed E-state index contributed by atoms with van der Waals surface area (Å²) >= 11 is 0. The number of nitrogens with zero attached hydrogens (tertiary/aromatic N) is 1. The highest BCUT2D eigenvalue weighted by atomic mass is 14.9. The lowest BCUT2D eigenvalue weighted by atomic mass is 10.3. The third-order valence-corrected chi connectivity index (χ3v) is 1.68. The van der Waals surface area contributed by atoms with Crippen LogP contribution in [-0.4, -0.2) is 6.54 Å². The summed E-state index contributed by atoms with van der Waals surface area (Å²) in [5, 5.41) is 0. The van der Waals surface area contributed by atoms with Gasteiger partial charge in [-0.2, -0.15) is 0 Å². The van der Waals surface area contributed by atoms with Gasteiger partial charge in [0.05, 0.1) is 0 Å². The lowest BCUT2D eigenvalue weighted by Crippen LogP contribution is -2.33. The van der Waals surface area contributed by atoms with Crippen molar-refractivity contribution in [1.29, 1.82) is 0 Å². The van der Waals surface area contributed by atoms with Crippen LogP contribution in [0.25, 0.3) is 0 Å². The highest BCUT2D eigenvalue weighted by Crippen LogP contribution is 1.89. The summed E-state index contributed by atoms with van der Waals surface area (Å²) in [6.45, 7) is 3.88. The summed E-state index contributed by atoms with van der Waals surface area (Å²) in [4.78, 5) is 0. The highest BCUT2D eigenvalue weighted by Gasteiger charge is 1.96. The van der Waals surface area contributed by atoms with Crippen molar-refractivity contribution in [3.8, 4) is 0 Å². The van der Waals surface area contributed by atoms with E-state index in [1.807, 2.05) is 0 Å². The molecule has 0 aliphatic heterocycles. The molecular weight excluding hydrogens is 136 g/mol. The van der Waals surface area contributed by atoms with E-state index in [9.17, 15) is 0 Å². The van der Waals surface area contributed by atoms with Crippen molar-refractivity contribution in [2.45, 2.75) is 19.9 Å². The van der Waals surface area contributed by atoms with Gasteiger partial charge in [-0.3, -0.25) is 0 Å². The van der Waals surface area contributed by atoms with Gasteiger partial charge >= 0.3 is 0 Å². The van der Waals surface area contributed by atoms with Gasteiger partial charge in [0, 0.05) is 18.6 Å². The van der Waals surface area contributed by atoms with Gasteiger partial charge in [-0.05, 0) is 19.0 Å². The topological polar surface area (TPSA) is 29.9 Å². The molecule has 2 N–H and O–H groups in total. The van der Waals surface area contributed by atoms with Gasteiger partial charge in [-0.25, -0.2) is 4.57 Å². The first kappa shape index (κ1) is 8.21. The third kappa shape index (κ3) is 2.68. The fourth-order valence-corrected chi connectivity index (χ4v) is 0.955. The molecule has 0 atom stereocenters. The second kappa shape index (κ2) is 4.09. The zero-order valence-electron chi connectivity index (χ0n) is 6.96. The molecule has 0 unspecified atom stereocenters. The van der Waals surface area contributed by atoms with Crippen LogP contribution in [0, 0.1) is 6.92 Å². The molecule has 0 bridgehead atoms. The average molecular weight is 151 g/mol. The van der Waals surface area contributed by atoms with Crippen LogP contribution in [0.1, 0.15) is 12.0 Å². The molecule has 2 heteroatoms. The first-order valence-electron chi connectivity index (χ1n) is 3.98. The minimum absolute atomic E-state index is 0.765. The monoisotopic (exact) mass is 151 g/mol. The Balaban J connectivity index is 2.52. The fourth-order valence-electron chi connectivity index (χ4n) is 0.955. The molecule has 0 amide bonds. The highest BCUT2D eigenvalue weighted by molar-refractivity contribution is 5.03. The van der Waals surface area contributed by atoms with Crippen LogP contribution in [0.5, 0.6) is 0 Å². The molecule has 0 aliphatic carbocycles. The normalized spacial score (nSPS) is 10.0. The van der Waals surface area contributed by atoms with Crippen molar-refractivity contribution < 1.29 is 4.57 Å². The Morgan fingerprint density at radius 3 is 2.55 bits per heavy atom. The first-order chi connectivity index (χ1) is 5.33. The molecule has 0 saturated heterocycles. The summed E-state index contributed by atoms with van der Waals surface area (Å²) in [6, 6.07) is 4.22. The molecule has 1 aromatic heterocycles. The van der Waals surface area contributed by atoms with Crippen molar-refractivity contribution in [2.75, 3.05) is 6.54 Å². The van der Waals surface area contributed by atoms with Gasteiger partial charge in [-0.15, -0.1) is 0 Å². The summed E-state index contributed by atoms with van der Waals surface area (Å²) in [7, 11) is 0. The summed E-state index contributed by atoms with van der Waals surface area (Å²) < 4.78 is 2.15. The van der Waals surface area contributed by atoms with Crippen LogP contribution in [0.15, 0.2) is 24.5 Å². The van der Waals surface area contributed by atoms with Crippen LogP contribution in [0.3, 0.4) is 0 Å². The van der Waals surface area contributed by atoms with Crippen LogP contribution in [0.4, 0.5) is 0 Å². The van der Waals surface area contributed by atoms with Gasteiger partial charge in [-0.1, -0.05) is 0 Å². The first-order valence-corrected chi connectivity index (χ1v) is 3.98. The number of pyridine rings is 1. The molecule has 0 aliphatic rings. The SMILES string of the molecule is Cc1cc[n+](CCCN)cc1. The molecule has 60 valence electrons. The maximum absolute atomic E-state index is 5.39. The maximum atomic E-state index is 5.39. The van der Waals surface area contributed by atoms with Crippen LogP contribution in [-0.2, 0) is 6.54 Å². The zero-order valence-corrected chi connectivity index (χ0v) is 6.96. The summed E-state index contributed by atoms with van der Waals surface area (Å²) in [6.07, 6.45) is 5.23. The Labute approximate surface area is 67.7 Å². The largest absolute Gasteiger partial charge is 0.330 e. The van der Waals surface area contributed by atoms with Crippen molar-refractivity contribution in [2.24, 2.45) is 5.73 Å². The number of aromatic nitrogens is 1. The minimum Gasteiger partial charge on any atom is -0.330 e. The summed E-state index contributed by atoms with van der Waals surface area (Å²) in [5.74, 6) is 0. The van der Waals surface area contributed by atoms with Crippen LogP contribution >= 0.6 is 0 Å². The third-order valence-electron chi connectivity index (χ3n) is 1.68. The number of hydrogen-bond acceptors (Lipinski definition) is 1. The Morgan fingerprint density at radius 1 is 1.36 bits per heavy atom. The molecule has 2 nitrogen and oxygen atoms in total. The van der Waals surface area contributed by atoms with E-state index < -0.39 is 0 Å². The van der Waals surface area contributed by atoms with E-state index in [0.29, 0.717) is 0 Å². The van der Waals surface area contributed by atoms with Crippen molar-refractivity contribution in [3.63, 3.8) is 0 Å². The van der Waals surface area contributed by atoms with Gasteiger partial charge < -0.3 is 5.73 Å². The van der Waals surface area contributed by atoms with E-state index in [2.05, 4.69) is 36.0 Å². The quantitative estimate of drug-likeness (QED) is 0.631. The Hall–Kier alpha value is -0.890. The molecule has 0 aromatic carbocycles. The molecule has 0 fully saturated rings. The number of nitrogens with two attached hydrogens (primary N) is 1. The number of aryl methyl sites for hydroxylation is 2. The summed E-state index contributed by atoms with van der Waals surface area (Å²) in [5.41, 5.74) is 6.69. The average Bonchev–Trinajstić information content (AvgIpc) is 2.04. The van der Waals surface area contributed by atoms with Crippen molar-refractivity contribution in [3.05, 3.63) is 30.1 Å². The molecule has 0 radical (unpaired) electrons. The van der Waals surface area contributed by atoms with E-state index in [1.54, 1.807) is 0 Å². The van der Waals surface area contributed by atoms with Gasteiger partial charge in [0.15, 0.2) is 12.4 Å². The molecule has 1 aromatic rings. The molecular formula is C9H15N2+. The Morgan fingerprint density at radius 2 is 2.00 bits per heavy atom. The predicted octanol–water partition coefficient (Wildman–Crippen LogP) is 0.631. The van der Waals surface area contributed by atoms with E-state index in [1.165, 1.54) is 5.56 Å². The standard InChI is InChI=1S/C9H15N2/c1-9-3-7-11(8-4-9)6-2-5-10/h3-4,7-8H,2,5-6,10H2,1H3/q+1. The lowest BCUT2D eigenvalue weighted by molar-refractivity contribution is -0.697. The van der Waals surface area contributed by atoms with Crippen molar-refractivity contribution >= 4 is 0 Å². The van der Waals surface area contributed by atoms with E-state index in [-0.39, 0.29) is 0 Å². The second-order valence-electron chi connectivity index (χ2n) is 2.76. The van der Waals surface area contributed by atoms with E-state index >= 15 is 0 Å². The van der Waals surface area contributed by atoms with Gasteiger partial charge in [0.2, 0.25) is 0 Å². The lowest BCUT2D eigenvalue weighted by Gasteiger charge is -1.94. The maximum Gasteiger partial charge on any atom is 0.169 e. The van der Waals surface area contributed by atoms with E-state index in [4.69, 9.17) is 5.73 Å². The van der Waals surface area contributed by atoms with E-state index in [0.717, 1.165) is 19.5 Å². The number of rotatable bonds is 3.